The number of allylic oxidation sites excluding steroid dienone is 4. The molecular weight excluding hydrogens is 256 g/mol. The summed E-state index contributed by atoms with van der Waals surface area (Å²) >= 11 is 0. The number of ketones is 1. The summed E-state index contributed by atoms with van der Waals surface area (Å²) in [5.41, 5.74) is 3.94. The highest BCUT2D eigenvalue weighted by atomic mass is 16.1. The van der Waals surface area contributed by atoms with Gasteiger partial charge in [0.05, 0.1) is 0 Å². The summed E-state index contributed by atoms with van der Waals surface area (Å²) in [6, 6.07) is 0. The minimum Gasteiger partial charge on any atom is -0.295 e. The van der Waals surface area contributed by atoms with E-state index in [1.165, 1.54) is 37.7 Å². The number of hydrogen-bond donors (Lipinski definition) is 0. The quantitative estimate of drug-likeness (QED) is 0.567. The van der Waals surface area contributed by atoms with E-state index < -0.39 is 0 Å². The van der Waals surface area contributed by atoms with Crippen molar-refractivity contribution in [3.63, 3.8) is 0 Å². The molecule has 0 N–H and O–H groups in total. The van der Waals surface area contributed by atoms with Crippen LogP contribution in [0.15, 0.2) is 23.3 Å². The molecule has 0 amide bonds. The summed E-state index contributed by atoms with van der Waals surface area (Å²) in [5, 5.41) is 0. The second-order valence-electron chi connectivity index (χ2n) is 8.55. The molecule has 0 aromatic carbocycles. The van der Waals surface area contributed by atoms with Gasteiger partial charge in [-0.2, -0.15) is 0 Å². The van der Waals surface area contributed by atoms with E-state index in [0.717, 1.165) is 30.6 Å². The second kappa shape index (κ2) is 4.33. The zero-order chi connectivity index (χ0) is 14.8. The number of fused-ring (bicyclic) bond motifs is 5. The van der Waals surface area contributed by atoms with E-state index in [-0.39, 0.29) is 0 Å². The van der Waals surface area contributed by atoms with Gasteiger partial charge in [-0.3, -0.25) is 4.79 Å². The summed E-state index contributed by atoms with van der Waals surface area (Å²) in [7, 11) is 0. The Hall–Kier alpha value is -0.850. The van der Waals surface area contributed by atoms with Crippen molar-refractivity contribution in [2.75, 3.05) is 0 Å². The molecule has 0 aromatic rings. The molecule has 0 aromatic heterocycles. The van der Waals surface area contributed by atoms with Gasteiger partial charge in [0, 0.05) is 6.42 Å². The van der Waals surface area contributed by atoms with E-state index in [1.807, 2.05) is 6.08 Å². The number of carbonyl (C=O) groups excluding carboxylic acids is 1. The smallest absolute Gasteiger partial charge is 0.155 e. The lowest BCUT2D eigenvalue weighted by Crippen LogP contribution is -2.49. The molecule has 4 aliphatic carbocycles. The highest BCUT2D eigenvalue weighted by molar-refractivity contribution is 5.91. The predicted octanol–water partition coefficient (Wildman–Crippen LogP) is 5.07. The summed E-state index contributed by atoms with van der Waals surface area (Å²) in [4.78, 5) is 11.8. The normalized spacial score (nSPS) is 48.9. The molecule has 21 heavy (non-hydrogen) atoms. The van der Waals surface area contributed by atoms with E-state index in [0.29, 0.717) is 16.6 Å². The van der Waals surface area contributed by atoms with Gasteiger partial charge in [0.1, 0.15) is 0 Å². The van der Waals surface area contributed by atoms with E-state index in [2.05, 4.69) is 26.8 Å². The maximum Gasteiger partial charge on any atom is 0.155 e. The van der Waals surface area contributed by atoms with Gasteiger partial charge in [0.2, 0.25) is 0 Å². The van der Waals surface area contributed by atoms with Crippen molar-refractivity contribution in [2.45, 2.75) is 65.7 Å². The molecule has 1 nitrogen and oxygen atoms in total. The van der Waals surface area contributed by atoms with E-state index in [9.17, 15) is 4.79 Å². The Balaban J connectivity index is 1.70. The molecule has 4 aliphatic rings. The monoisotopic (exact) mass is 284 g/mol. The van der Waals surface area contributed by atoms with Crippen LogP contribution in [0.5, 0.6) is 0 Å². The van der Waals surface area contributed by atoms with Crippen molar-refractivity contribution in [1.29, 1.82) is 0 Å². The van der Waals surface area contributed by atoms with Crippen LogP contribution in [0, 0.1) is 28.6 Å². The largest absolute Gasteiger partial charge is 0.295 e. The van der Waals surface area contributed by atoms with Gasteiger partial charge >= 0.3 is 0 Å². The number of carbonyl (C=O) groups is 1. The third-order valence-electron chi connectivity index (χ3n) is 7.93. The molecular formula is C20H28O. The van der Waals surface area contributed by atoms with Crippen molar-refractivity contribution < 1.29 is 4.79 Å². The zero-order valence-corrected chi connectivity index (χ0v) is 13.7. The summed E-state index contributed by atoms with van der Waals surface area (Å²) in [5.74, 6) is 2.95. The molecule has 1 heteroatoms. The Kier molecular flexibility index (Phi) is 2.85. The predicted molar refractivity (Wildman–Crippen MR) is 85.9 cm³/mol. The average molecular weight is 284 g/mol. The molecule has 0 heterocycles. The van der Waals surface area contributed by atoms with Crippen LogP contribution in [0.1, 0.15) is 65.7 Å². The maximum atomic E-state index is 11.8. The van der Waals surface area contributed by atoms with Crippen molar-refractivity contribution in [1.82, 2.24) is 0 Å². The third-order valence-corrected chi connectivity index (χ3v) is 7.93. The molecule has 4 rings (SSSR count). The van der Waals surface area contributed by atoms with Gasteiger partial charge in [0.25, 0.3) is 0 Å². The van der Waals surface area contributed by atoms with Gasteiger partial charge in [-0.05, 0) is 80.1 Å². The Morgan fingerprint density at radius 3 is 2.67 bits per heavy atom. The molecule has 0 saturated heterocycles. The molecule has 0 radical (unpaired) electrons. The molecule has 5 atom stereocenters. The first-order valence-corrected chi connectivity index (χ1v) is 8.86. The highest BCUT2D eigenvalue weighted by Crippen LogP contribution is 2.65. The Bertz CT molecular complexity index is 554. The third kappa shape index (κ3) is 1.72. The van der Waals surface area contributed by atoms with Crippen LogP contribution in [0.3, 0.4) is 0 Å². The van der Waals surface area contributed by atoms with Crippen molar-refractivity contribution in [3.8, 4) is 0 Å². The standard InChI is InChI=1S/C20H28O/c1-13-4-7-17-16-6-5-14-12-15(21)8-10-20(14,3)18(16)9-11-19(13,17)2/h4,12,16-18H,5-11H2,1-3H3. The van der Waals surface area contributed by atoms with Gasteiger partial charge in [-0.25, -0.2) is 0 Å². The molecule has 2 fully saturated rings. The molecule has 2 saturated carbocycles. The van der Waals surface area contributed by atoms with E-state index in [4.69, 9.17) is 0 Å². The van der Waals surface area contributed by atoms with Crippen LogP contribution in [0.2, 0.25) is 0 Å². The Morgan fingerprint density at radius 2 is 1.86 bits per heavy atom. The number of hydrogen-bond acceptors (Lipinski definition) is 1. The molecule has 0 aliphatic heterocycles. The van der Waals surface area contributed by atoms with Crippen molar-refractivity contribution in [2.24, 2.45) is 28.6 Å². The molecule has 0 spiro atoms. The Morgan fingerprint density at radius 1 is 1.05 bits per heavy atom. The number of rotatable bonds is 0. The van der Waals surface area contributed by atoms with Crippen LogP contribution >= 0.6 is 0 Å². The minimum absolute atomic E-state index is 0.328. The first kappa shape index (κ1) is 13.8. The molecule has 5 unspecified atom stereocenters. The van der Waals surface area contributed by atoms with E-state index >= 15 is 0 Å². The van der Waals surface area contributed by atoms with Crippen molar-refractivity contribution >= 4 is 5.78 Å². The average Bonchev–Trinajstić information content (AvgIpc) is 2.76. The molecule has 114 valence electrons. The van der Waals surface area contributed by atoms with Crippen LogP contribution in [-0.4, -0.2) is 5.78 Å². The van der Waals surface area contributed by atoms with Crippen LogP contribution in [0.4, 0.5) is 0 Å². The summed E-state index contributed by atoms with van der Waals surface area (Å²) in [6.45, 7) is 7.35. The summed E-state index contributed by atoms with van der Waals surface area (Å²) in [6.07, 6.45) is 12.9. The zero-order valence-electron chi connectivity index (χ0n) is 13.7. The second-order valence-corrected chi connectivity index (χ2v) is 8.55. The lowest BCUT2D eigenvalue weighted by molar-refractivity contribution is -0.117. The van der Waals surface area contributed by atoms with Gasteiger partial charge in [-0.15, -0.1) is 0 Å². The van der Waals surface area contributed by atoms with Gasteiger partial charge in [-0.1, -0.05) is 31.1 Å². The summed E-state index contributed by atoms with van der Waals surface area (Å²) < 4.78 is 0. The topological polar surface area (TPSA) is 17.1 Å². The van der Waals surface area contributed by atoms with Crippen LogP contribution in [-0.2, 0) is 4.79 Å². The first-order valence-electron chi connectivity index (χ1n) is 8.86. The Labute approximate surface area is 128 Å². The van der Waals surface area contributed by atoms with Crippen LogP contribution < -0.4 is 0 Å². The maximum absolute atomic E-state index is 11.8. The minimum atomic E-state index is 0.328. The van der Waals surface area contributed by atoms with E-state index in [1.54, 1.807) is 5.57 Å². The first-order chi connectivity index (χ1) is 9.95. The van der Waals surface area contributed by atoms with Crippen LogP contribution in [0.25, 0.3) is 0 Å². The highest BCUT2D eigenvalue weighted by Gasteiger charge is 2.56. The van der Waals surface area contributed by atoms with Gasteiger partial charge in [0.15, 0.2) is 5.78 Å². The lowest BCUT2D eigenvalue weighted by Gasteiger charge is -2.57. The fourth-order valence-electron chi connectivity index (χ4n) is 6.34. The SMILES string of the molecule is CC1=CCC2C3CCC4=CC(=O)CCC4(C)C3CCC12C. The fourth-order valence-corrected chi connectivity index (χ4v) is 6.34. The molecule has 0 bridgehead atoms. The lowest BCUT2D eigenvalue weighted by atomic mass is 9.47. The van der Waals surface area contributed by atoms with Crippen molar-refractivity contribution in [3.05, 3.63) is 23.3 Å². The fraction of sp³-hybridized carbons (Fsp3) is 0.750. The van der Waals surface area contributed by atoms with Gasteiger partial charge < -0.3 is 0 Å².